The minimum absolute atomic E-state index is 0.0248. The van der Waals surface area contributed by atoms with Crippen LogP contribution in [0.15, 0.2) is 79.4 Å². The zero-order chi connectivity index (χ0) is 27.8. The molecule has 2 aromatic carbocycles. The number of anilines is 1. The highest BCUT2D eigenvalue weighted by molar-refractivity contribution is 6.01. The smallest absolute Gasteiger partial charge is 0.224 e. The first-order chi connectivity index (χ1) is 20.1. The number of hydrogen-bond acceptors (Lipinski definition) is 5. The molecule has 41 heavy (non-hydrogen) atoms. The fourth-order valence-corrected chi connectivity index (χ4v) is 5.66. The molecule has 204 valence electrons. The van der Waals surface area contributed by atoms with Gasteiger partial charge in [-0.25, -0.2) is 4.39 Å². The van der Waals surface area contributed by atoms with Crippen LogP contribution in [0.5, 0.6) is 0 Å². The number of nitrogens with zero attached hydrogens (tertiary/aromatic N) is 3. The molecular formula is C32H28FN7O. The first-order valence-electron chi connectivity index (χ1n) is 13.8. The Morgan fingerprint density at radius 3 is 2.51 bits per heavy atom. The van der Waals surface area contributed by atoms with Crippen LogP contribution in [-0.2, 0) is 4.79 Å². The molecule has 0 unspecified atom stereocenters. The lowest BCUT2D eigenvalue weighted by molar-refractivity contribution is -0.117. The van der Waals surface area contributed by atoms with Crippen molar-refractivity contribution in [3.8, 4) is 33.6 Å². The van der Waals surface area contributed by atoms with Crippen molar-refractivity contribution in [3.05, 3.63) is 85.2 Å². The van der Waals surface area contributed by atoms with Crippen molar-refractivity contribution in [2.24, 2.45) is 5.92 Å². The molecule has 1 aliphatic heterocycles. The molecular weight excluding hydrogens is 517 g/mol. The topological polar surface area (TPSA) is 111 Å². The van der Waals surface area contributed by atoms with E-state index >= 15 is 0 Å². The van der Waals surface area contributed by atoms with Crippen LogP contribution < -0.4 is 10.6 Å². The van der Waals surface area contributed by atoms with E-state index in [9.17, 15) is 9.18 Å². The quantitative estimate of drug-likeness (QED) is 0.196. The number of pyridine rings is 2. The molecule has 5 heterocycles. The predicted octanol–water partition coefficient (Wildman–Crippen LogP) is 6.30. The normalized spacial score (nSPS) is 14.1. The molecule has 4 aromatic heterocycles. The summed E-state index contributed by atoms with van der Waals surface area (Å²) in [6.45, 7) is 1.94. The van der Waals surface area contributed by atoms with E-state index in [-0.39, 0.29) is 11.7 Å². The Hall–Kier alpha value is -4.89. The molecule has 4 N–H and O–H groups in total. The average molecular weight is 546 g/mol. The zero-order valence-corrected chi connectivity index (χ0v) is 22.2. The Kier molecular flexibility index (Phi) is 6.48. The molecule has 9 heteroatoms. The molecule has 0 aliphatic carbocycles. The highest BCUT2D eigenvalue weighted by Gasteiger charge is 2.18. The summed E-state index contributed by atoms with van der Waals surface area (Å²) in [6, 6.07) is 16.5. The number of aromatic nitrogens is 5. The lowest BCUT2D eigenvalue weighted by atomic mass is 9.94. The fraction of sp³-hybridized carbons (Fsp3) is 0.188. The summed E-state index contributed by atoms with van der Waals surface area (Å²) in [5.41, 5.74) is 7.75. The number of fused-ring (bicyclic) bond motifs is 2. The Morgan fingerprint density at radius 1 is 0.854 bits per heavy atom. The molecule has 1 fully saturated rings. The van der Waals surface area contributed by atoms with E-state index in [1.54, 1.807) is 36.9 Å². The molecule has 8 nitrogen and oxygen atoms in total. The van der Waals surface area contributed by atoms with Gasteiger partial charge < -0.3 is 15.6 Å². The second-order valence-corrected chi connectivity index (χ2v) is 10.6. The second kappa shape index (κ2) is 10.6. The third-order valence-corrected chi connectivity index (χ3v) is 7.81. The van der Waals surface area contributed by atoms with Gasteiger partial charge in [0.25, 0.3) is 0 Å². The minimum Gasteiger partial charge on any atom is -0.352 e. The van der Waals surface area contributed by atoms with E-state index < -0.39 is 0 Å². The van der Waals surface area contributed by atoms with Gasteiger partial charge in [-0.1, -0.05) is 18.2 Å². The van der Waals surface area contributed by atoms with Gasteiger partial charge in [-0.3, -0.25) is 19.9 Å². The number of aromatic amines is 2. The van der Waals surface area contributed by atoms with Crippen molar-refractivity contribution in [1.29, 1.82) is 0 Å². The van der Waals surface area contributed by atoms with Gasteiger partial charge in [0.05, 0.1) is 34.8 Å². The number of H-pyrrole nitrogens is 2. The van der Waals surface area contributed by atoms with Crippen molar-refractivity contribution in [3.63, 3.8) is 0 Å². The fourth-order valence-electron chi connectivity index (χ4n) is 5.66. The van der Waals surface area contributed by atoms with E-state index in [4.69, 9.17) is 0 Å². The van der Waals surface area contributed by atoms with Crippen LogP contribution in [0.2, 0.25) is 0 Å². The van der Waals surface area contributed by atoms with E-state index in [0.29, 0.717) is 18.0 Å². The summed E-state index contributed by atoms with van der Waals surface area (Å²) in [5.74, 6) is 0.168. The van der Waals surface area contributed by atoms with Crippen LogP contribution in [0.3, 0.4) is 0 Å². The number of amides is 1. The summed E-state index contributed by atoms with van der Waals surface area (Å²) in [5, 5.41) is 16.1. The Balaban J connectivity index is 1.19. The highest BCUT2D eigenvalue weighted by Crippen LogP contribution is 2.35. The van der Waals surface area contributed by atoms with Crippen LogP contribution in [0.1, 0.15) is 19.3 Å². The summed E-state index contributed by atoms with van der Waals surface area (Å²) >= 11 is 0. The number of piperidine rings is 1. The molecule has 1 saturated heterocycles. The Bertz CT molecular complexity index is 1870. The molecule has 0 bridgehead atoms. The van der Waals surface area contributed by atoms with Crippen LogP contribution in [0.4, 0.5) is 10.1 Å². The van der Waals surface area contributed by atoms with Gasteiger partial charge in [-0.05, 0) is 79.4 Å². The average Bonchev–Trinajstić information content (AvgIpc) is 3.62. The SMILES string of the molecule is O=C(CC1CCNCC1)Nc1cncc(-c2ccc3[nH]nc(-c4cc5c(-c6ccc(F)cc6)cncc5[nH]4)c3c2)c1. The van der Waals surface area contributed by atoms with Gasteiger partial charge in [0.1, 0.15) is 11.5 Å². The largest absolute Gasteiger partial charge is 0.352 e. The first-order valence-corrected chi connectivity index (χ1v) is 13.8. The summed E-state index contributed by atoms with van der Waals surface area (Å²) < 4.78 is 13.5. The summed E-state index contributed by atoms with van der Waals surface area (Å²) in [4.78, 5) is 24.9. The van der Waals surface area contributed by atoms with E-state index in [1.807, 2.05) is 18.2 Å². The molecule has 0 radical (unpaired) electrons. The number of benzene rings is 2. The van der Waals surface area contributed by atoms with Gasteiger partial charge in [-0.15, -0.1) is 0 Å². The predicted molar refractivity (Wildman–Crippen MR) is 159 cm³/mol. The maximum absolute atomic E-state index is 13.5. The molecule has 0 atom stereocenters. The van der Waals surface area contributed by atoms with Gasteiger partial charge in [0.2, 0.25) is 5.91 Å². The second-order valence-electron chi connectivity index (χ2n) is 10.6. The van der Waals surface area contributed by atoms with Crippen molar-refractivity contribution in [2.75, 3.05) is 18.4 Å². The van der Waals surface area contributed by atoms with Crippen LogP contribution in [-0.4, -0.2) is 44.1 Å². The third-order valence-electron chi connectivity index (χ3n) is 7.81. The van der Waals surface area contributed by atoms with Crippen LogP contribution >= 0.6 is 0 Å². The molecule has 6 aromatic rings. The monoisotopic (exact) mass is 545 g/mol. The lowest BCUT2D eigenvalue weighted by Crippen LogP contribution is -2.30. The zero-order valence-electron chi connectivity index (χ0n) is 22.2. The molecule has 0 saturated carbocycles. The van der Waals surface area contributed by atoms with Crippen molar-refractivity contribution >= 4 is 33.4 Å². The maximum Gasteiger partial charge on any atom is 0.224 e. The van der Waals surface area contributed by atoms with E-state index in [2.05, 4.69) is 47.9 Å². The van der Waals surface area contributed by atoms with E-state index in [0.717, 1.165) is 81.4 Å². The minimum atomic E-state index is -0.275. The number of carbonyl (C=O) groups is 1. The molecule has 7 rings (SSSR count). The number of halogens is 1. The summed E-state index contributed by atoms with van der Waals surface area (Å²) in [7, 11) is 0. The number of rotatable bonds is 6. The molecule has 1 aliphatic rings. The van der Waals surface area contributed by atoms with Crippen LogP contribution in [0.25, 0.3) is 55.4 Å². The molecule has 1 amide bonds. The Labute approximate surface area is 235 Å². The van der Waals surface area contributed by atoms with Crippen molar-refractivity contribution < 1.29 is 9.18 Å². The lowest BCUT2D eigenvalue weighted by Gasteiger charge is -2.21. The summed E-state index contributed by atoms with van der Waals surface area (Å²) in [6.07, 6.45) is 9.63. The Morgan fingerprint density at radius 2 is 1.66 bits per heavy atom. The van der Waals surface area contributed by atoms with Gasteiger partial charge in [0.15, 0.2) is 0 Å². The molecule has 0 spiro atoms. The van der Waals surface area contributed by atoms with Gasteiger partial charge in [-0.2, -0.15) is 5.10 Å². The number of hydrogen-bond donors (Lipinski definition) is 4. The first kappa shape index (κ1) is 25.1. The van der Waals surface area contributed by atoms with Crippen molar-refractivity contribution in [1.82, 2.24) is 30.5 Å². The number of carbonyl (C=O) groups excluding carboxylic acids is 1. The standard InChI is InChI=1S/C32H28FN7O/c33-23-4-1-20(2-5-23)27-17-36-18-30-25(27)14-29(38-30)32-26-13-21(3-6-28(26)39-40-32)22-12-24(16-35-15-22)37-31(41)11-19-7-9-34-10-8-19/h1-6,12-19,34,38H,7-11H2,(H,37,41)(H,39,40). The van der Waals surface area contributed by atoms with Gasteiger partial charge in [0, 0.05) is 40.7 Å². The van der Waals surface area contributed by atoms with E-state index in [1.165, 1.54) is 12.1 Å². The maximum atomic E-state index is 13.5. The van der Waals surface area contributed by atoms with Gasteiger partial charge >= 0.3 is 0 Å². The van der Waals surface area contributed by atoms with Crippen LogP contribution in [0, 0.1) is 11.7 Å². The number of nitrogens with one attached hydrogen (secondary N) is 4. The third kappa shape index (κ3) is 5.07. The highest BCUT2D eigenvalue weighted by atomic mass is 19.1. The van der Waals surface area contributed by atoms with Crippen molar-refractivity contribution in [2.45, 2.75) is 19.3 Å².